The van der Waals surface area contributed by atoms with Gasteiger partial charge < -0.3 is 14.6 Å². The molecular weight excluding hydrogens is 254 g/mol. The Bertz CT molecular complexity index is 473. The number of rotatable bonds is 6. The zero-order valence-electron chi connectivity index (χ0n) is 10.7. The average Bonchev–Trinajstić information content (AvgIpc) is 2.38. The van der Waals surface area contributed by atoms with Gasteiger partial charge >= 0.3 is 5.97 Å². The van der Waals surface area contributed by atoms with Crippen molar-refractivity contribution >= 4 is 11.7 Å². The van der Waals surface area contributed by atoms with Crippen LogP contribution in [-0.4, -0.2) is 29.7 Å². The normalized spacial score (nSPS) is 11.7. The van der Waals surface area contributed by atoms with Crippen molar-refractivity contribution in [1.82, 2.24) is 0 Å². The summed E-state index contributed by atoms with van der Waals surface area (Å²) in [6.45, 7) is 1.83. The molecule has 7 nitrogen and oxygen atoms in total. The second kappa shape index (κ2) is 6.69. The van der Waals surface area contributed by atoms with Crippen LogP contribution in [-0.2, 0) is 9.53 Å². The van der Waals surface area contributed by atoms with E-state index in [-0.39, 0.29) is 24.3 Å². The van der Waals surface area contributed by atoms with Crippen LogP contribution in [0, 0.1) is 10.1 Å². The number of ether oxygens (including phenoxy) is 2. The second-order valence-electron chi connectivity index (χ2n) is 3.71. The molecule has 1 N–H and O–H groups in total. The summed E-state index contributed by atoms with van der Waals surface area (Å²) < 4.78 is 9.57. The predicted octanol–water partition coefficient (Wildman–Crippen LogP) is 1.59. The van der Waals surface area contributed by atoms with Crippen molar-refractivity contribution in [3.05, 3.63) is 33.9 Å². The van der Waals surface area contributed by atoms with E-state index in [1.165, 1.54) is 25.3 Å². The van der Waals surface area contributed by atoms with Gasteiger partial charge in [-0.25, -0.2) is 0 Å². The highest BCUT2D eigenvalue weighted by atomic mass is 16.6. The van der Waals surface area contributed by atoms with E-state index in [9.17, 15) is 20.0 Å². The first-order valence-corrected chi connectivity index (χ1v) is 5.65. The monoisotopic (exact) mass is 269 g/mol. The molecule has 0 aliphatic carbocycles. The molecule has 1 atom stereocenters. The van der Waals surface area contributed by atoms with Crippen LogP contribution < -0.4 is 4.74 Å². The number of carbonyl (C=O) groups is 1. The van der Waals surface area contributed by atoms with Crippen molar-refractivity contribution < 1.29 is 24.3 Å². The summed E-state index contributed by atoms with van der Waals surface area (Å²) in [4.78, 5) is 21.6. The number of esters is 1. The first-order valence-electron chi connectivity index (χ1n) is 5.65. The Hall–Kier alpha value is -2.15. The molecule has 1 rings (SSSR count). The predicted molar refractivity (Wildman–Crippen MR) is 65.9 cm³/mol. The van der Waals surface area contributed by atoms with E-state index in [1.807, 2.05) is 0 Å². The van der Waals surface area contributed by atoms with Crippen LogP contribution in [0.5, 0.6) is 5.75 Å². The summed E-state index contributed by atoms with van der Waals surface area (Å²) in [6.07, 6.45) is -1.62. The number of aliphatic hydroxyl groups excluding tert-OH is 1. The van der Waals surface area contributed by atoms with E-state index < -0.39 is 17.0 Å². The average molecular weight is 269 g/mol. The molecule has 0 aliphatic rings. The Labute approximate surface area is 109 Å². The van der Waals surface area contributed by atoms with E-state index in [0.29, 0.717) is 5.75 Å². The molecule has 0 heterocycles. The molecule has 1 aromatic carbocycles. The topological polar surface area (TPSA) is 98.9 Å². The molecule has 1 unspecified atom stereocenters. The molecule has 0 spiro atoms. The van der Waals surface area contributed by atoms with E-state index in [2.05, 4.69) is 4.74 Å². The minimum atomic E-state index is -1.29. The molecule has 0 fully saturated rings. The Morgan fingerprint density at radius 3 is 2.74 bits per heavy atom. The van der Waals surface area contributed by atoms with Gasteiger partial charge in [-0.1, -0.05) is 0 Å². The molecule has 19 heavy (non-hydrogen) atoms. The van der Waals surface area contributed by atoms with Crippen LogP contribution in [0.1, 0.15) is 25.0 Å². The molecular formula is C12H15NO6. The van der Waals surface area contributed by atoms with Gasteiger partial charge in [-0.15, -0.1) is 0 Å². The summed E-state index contributed by atoms with van der Waals surface area (Å²) in [5.74, 6) is -0.307. The Morgan fingerprint density at radius 2 is 2.21 bits per heavy atom. The van der Waals surface area contributed by atoms with Crippen LogP contribution >= 0.6 is 0 Å². The molecule has 0 amide bonds. The summed E-state index contributed by atoms with van der Waals surface area (Å²) in [6, 6.07) is 4.04. The number of nitro benzene ring substituents is 1. The van der Waals surface area contributed by atoms with Gasteiger partial charge in [0.2, 0.25) is 0 Å². The van der Waals surface area contributed by atoms with E-state index in [0.717, 1.165) is 0 Å². The third-order valence-corrected chi connectivity index (χ3v) is 2.46. The summed E-state index contributed by atoms with van der Waals surface area (Å²) >= 11 is 0. The number of benzene rings is 1. The van der Waals surface area contributed by atoms with Gasteiger partial charge in [0.25, 0.3) is 5.69 Å². The van der Waals surface area contributed by atoms with Gasteiger partial charge in [0, 0.05) is 0 Å². The lowest BCUT2D eigenvalue weighted by atomic mass is 10.0. The zero-order chi connectivity index (χ0) is 14.4. The fraction of sp³-hybridized carbons (Fsp3) is 0.417. The number of nitro groups is 1. The summed E-state index contributed by atoms with van der Waals surface area (Å²) in [5, 5.41) is 20.8. The molecule has 0 aromatic heterocycles. The molecule has 0 bridgehead atoms. The first-order chi connectivity index (χ1) is 8.99. The van der Waals surface area contributed by atoms with Crippen LogP contribution in [0.3, 0.4) is 0 Å². The van der Waals surface area contributed by atoms with Gasteiger partial charge in [0.1, 0.15) is 5.75 Å². The standard InChI is InChI=1S/C12H15NO6/c1-3-19-12(15)7-11(14)9-5-4-8(18-2)6-10(9)13(16)17/h4-6,11,14H,3,7H2,1-2H3. The van der Waals surface area contributed by atoms with Crippen molar-refractivity contribution in [3.63, 3.8) is 0 Å². The van der Waals surface area contributed by atoms with Crippen LogP contribution in [0.2, 0.25) is 0 Å². The maximum absolute atomic E-state index is 11.3. The van der Waals surface area contributed by atoms with Crippen molar-refractivity contribution in [2.75, 3.05) is 13.7 Å². The van der Waals surface area contributed by atoms with Crippen LogP contribution in [0.4, 0.5) is 5.69 Å². The third-order valence-electron chi connectivity index (χ3n) is 2.46. The van der Waals surface area contributed by atoms with E-state index in [1.54, 1.807) is 6.92 Å². The maximum Gasteiger partial charge on any atom is 0.308 e. The van der Waals surface area contributed by atoms with E-state index in [4.69, 9.17) is 4.74 Å². The smallest absolute Gasteiger partial charge is 0.308 e. The Morgan fingerprint density at radius 1 is 1.53 bits per heavy atom. The number of nitrogens with zero attached hydrogens (tertiary/aromatic N) is 1. The van der Waals surface area contributed by atoms with Crippen molar-refractivity contribution in [3.8, 4) is 5.75 Å². The quantitative estimate of drug-likeness (QED) is 0.478. The number of hydrogen-bond donors (Lipinski definition) is 1. The fourth-order valence-corrected chi connectivity index (χ4v) is 1.58. The first kappa shape index (κ1) is 14.9. The van der Waals surface area contributed by atoms with Crippen molar-refractivity contribution in [2.24, 2.45) is 0 Å². The SMILES string of the molecule is CCOC(=O)CC(O)c1ccc(OC)cc1[N+](=O)[O-]. The van der Waals surface area contributed by atoms with Crippen LogP contribution in [0.15, 0.2) is 18.2 Å². The minimum absolute atomic E-state index is 0.0545. The summed E-state index contributed by atoms with van der Waals surface area (Å²) in [5.41, 5.74) is -0.241. The molecule has 1 aromatic rings. The highest BCUT2D eigenvalue weighted by molar-refractivity contribution is 5.70. The third kappa shape index (κ3) is 3.92. The van der Waals surface area contributed by atoms with Gasteiger partial charge in [0.05, 0.1) is 42.8 Å². The molecule has 0 radical (unpaired) electrons. The highest BCUT2D eigenvalue weighted by Crippen LogP contribution is 2.30. The van der Waals surface area contributed by atoms with Crippen molar-refractivity contribution in [2.45, 2.75) is 19.4 Å². The fourth-order valence-electron chi connectivity index (χ4n) is 1.58. The van der Waals surface area contributed by atoms with Gasteiger partial charge in [-0.05, 0) is 19.1 Å². The van der Waals surface area contributed by atoms with E-state index >= 15 is 0 Å². The lowest BCUT2D eigenvalue weighted by Crippen LogP contribution is -2.11. The molecule has 0 saturated carbocycles. The van der Waals surface area contributed by atoms with Gasteiger partial charge in [-0.3, -0.25) is 14.9 Å². The molecule has 0 aliphatic heterocycles. The second-order valence-corrected chi connectivity index (χ2v) is 3.71. The number of hydrogen-bond acceptors (Lipinski definition) is 6. The molecule has 0 saturated heterocycles. The molecule has 104 valence electrons. The lowest BCUT2D eigenvalue weighted by Gasteiger charge is -2.11. The Kier molecular flexibility index (Phi) is 5.25. The number of carbonyl (C=O) groups excluding carboxylic acids is 1. The maximum atomic E-state index is 11.3. The summed E-state index contributed by atoms with van der Waals surface area (Å²) in [7, 11) is 1.38. The highest BCUT2D eigenvalue weighted by Gasteiger charge is 2.23. The van der Waals surface area contributed by atoms with Gasteiger partial charge in [0.15, 0.2) is 0 Å². The lowest BCUT2D eigenvalue weighted by molar-refractivity contribution is -0.386. The minimum Gasteiger partial charge on any atom is -0.497 e. The van der Waals surface area contributed by atoms with Gasteiger partial charge in [-0.2, -0.15) is 0 Å². The Balaban J connectivity index is 2.98. The largest absolute Gasteiger partial charge is 0.497 e. The number of methoxy groups -OCH3 is 1. The molecule has 7 heteroatoms. The number of aliphatic hydroxyl groups is 1. The van der Waals surface area contributed by atoms with Crippen molar-refractivity contribution in [1.29, 1.82) is 0 Å². The zero-order valence-corrected chi connectivity index (χ0v) is 10.7. The van der Waals surface area contributed by atoms with Crippen LogP contribution in [0.25, 0.3) is 0 Å².